The quantitative estimate of drug-likeness (QED) is 0.581. The number of para-hydroxylation sites is 1. The first-order chi connectivity index (χ1) is 16.7. The topological polar surface area (TPSA) is 55.8 Å². The lowest BCUT2D eigenvalue weighted by Gasteiger charge is -2.57. The van der Waals surface area contributed by atoms with Gasteiger partial charge in [-0.15, -0.1) is 0 Å². The first kappa shape index (κ1) is 22.6. The number of benzene rings is 3. The van der Waals surface area contributed by atoms with Gasteiger partial charge in [0.2, 0.25) is 0 Å². The summed E-state index contributed by atoms with van der Waals surface area (Å²) >= 11 is 0. The van der Waals surface area contributed by atoms with Crippen molar-refractivity contribution in [3.05, 3.63) is 90.2 Å². The first-order valence-electron chi connectivity index (χ1n) is 12.0. The molecule has 2 aliphatic rings. The number of aliphatic hydroxyl groups is 1. The second-order valence-corrected chi connectivity index (χ2v) is 9.13. The zero-order valence-corrected chi connectivity index (χ0v) is 19.1. The number of anilines is 1. The van der Waals surface area contributed by atoms with Gasteiger partial charge in [-0.25, -0.2) is 9.18 Å². The van der Waals surface area contributed by atoms with Gasteiger partial charge in [0, 0.05) is 42.3 Å². The van der Waals surface area contributed by atoms with Crippen LogP contribution in [0.25, 0.3) is 11.1 Å². The van der Waals surface area contributed by atoms with E-state index in [0.717, 1.165) is 36.2 Å². The van der Waals surface area contributed by atoms with Crippen molar-refractivity contribution >= 4 is 11.7 Å². The summed E-state index contributed by atoms with van der Waals surface area (Å²) in [5, 5.41) is 13.2. The SMILES string of the molecule is O=C(Nc1ccccc1)N1CCCCN2[C@H](CO)[C@H](c3ccc(-c4ccccc4F)cc3)[C@H]2C1. The normalized spacial score (nSPS) is 22.8. The number of rotatable bonds is 4. The van der Waals surface area contributed by atoms with Crippen LogP contribution in [0.3, 0.4) is 0 Å². The molecule has 5 nitrogen and oxygen atoms in total. The van der Waals surface area contributed by atoms with Crippen LogP contribution in [-0.2, 0) is 0 Å². The van der Waals surface area contributed by atoms with E-state index in [1.54, 1.807) is 12.1 Å². The molecule has 0 aliphatic carbocycles. The molecule has 2 saturated heterocycles. The van der Waals surface area contributed by atoms with E-state index >= 15 is 0 Å². The molecule has 0 aromatic heterocycles. The van der Waals surface area contributed by atoms with Crippen molar-refractivity contribution in [2.24, 2.45) is 0 Å². The molecular weight excluding hydrogens is 429 g/mol. The first-order valence-corrected chi connectivity index (χ1v) is 12.0. The molecule has 6 heteroatoms. The molecule has 2 amide bonds. The molecule has 0 bridgehead atoms. The Bertz CT molecular complexity index is 1120. The summed E-state index contributed by atoms with van der Waals surface area (Å²) < 4.78 is 14.2. The molecule has 2 fully saturated rings. The van der Waals surface area contributed by atoms with E-state index in [0.29, 0.717) is 18.7 Å². The Hall–Kier alpha value is -3.22. The van der Waals surface area contributed by atoms with Crippen molar-refractivity contribution in [1.29, 1.82) is 0 Å². The molecular formula is C28H30FN3O2. The van der Waals surface area contributed by atoms with Gasteiger partial charge in [0.1, 0.15) is 5.82 Å². The summed E-state index contributed by atoms with van der Waals surface area (Å²) in [7, 11) is 0. The van der Waals surface area contributed by atoms with Gasteiger partial charge in [-0.1, -0.05) is 60.7 Å². The van der Waals surface area contributed by atoms with Gasteiger partial charge < -0.3 is 15.3 Å². The number of hydrogen-bond acceptors (Lipinski definition) is 3. The Labute approximate surface area is 199 Å². The fourth-order valence-electron chi connectivity index (χ4n) is 5.43. The summed E-state index contributed by atoms with van der Waals surface area (Å²) in [5.74, 6) is -0.122. The predicted molar refractivity (Wildman–Crippen MR) is 132 cm³/mol. The molecule has 0 spiro atoms. The van der Waals surface area contributed by atoms with Crippen molar-refractivity contribution in [1.82, 2.24) is 9.80 Å². The van der Waals surface area contributed by atoms with Crippen LogP contribution in [0.4, 0.5) is 14.9 Å². The minimum Gasteiger partial charge on any atom is -0.395 e. The van der Waals surface area contributed by atoms with Gasteiger partial charge in [-0.05, 0) is 48.7 Å². The zero-order valence-electron chi connectivity index (χ0n) is 19.1. The maximum Gasteiger partial charge on any atom is 0.321 e. The van der Waals surface area contributed by atoms with Gasteiger partial charge in [0.25, 0.3) is 0 Å². The van der Waals surface area contributed by atoms with Crippen molar-refractivity contribution < 1.29 is 14.3 Å². The van der Waals surface area contributed by atoms with Crippen LogP contribution < -0.4 is 5.32 Å². The second kappa shape index (κ2) is 9.95. The van der Waals surface area contributed by atoms with Gasteiger partial charge >= 0.3 is 6.03 Å². The van der Waals surface area contributed by atoms with Gasteiger partial charge in [-0.2, -0.15) is 0 Å². The van der Waals surface area contributed by atoms with E-state index in [4.69, 9.17) is 0 Å². The highest BCUT2D eigenvalue weighted by Crippen LogP contribution is 2.42. The van der Waals surface area contributed by atoms with Crippen LogP contribution in [0.1, 0.15) is 24.3 Å². The third-order valence-corrected chi connectivity index (χ3v) is 7.16. The third-order valence-electron chi connectivity index (χ3n) is 7.16. The fraction of sp³-hybridized carbons (Fsp3) is 0.321. The number of carbonyl (C=O) groups excluding carboxylic acids is 1. The average Bonchev–Trinajstić information content (AvgIpc) is 2.84. The number of halogens is 1. The van der Waals surface area contributed by atoms with Gasteiger partial charge in [0.05, 0.1) is 6.61 Å². The summed E-state index contributed by atoms with van der Waals surface area (Å²) in [4.78, 5) is 17.3. The van der Waals surface area contributed by atoms with Crippen LogP contribution in [0.2, 0.25) is 0 Å². The number of nitrogens with zero attached hydrogens (tertiary/aromatic N) is 2. The predicted octanol–water partition coefficient (Wildman–Crippen LogP) is 4.95. The molecule has 2 aliphatic heterocycles. The standard InChI is InChI=1S/C28H30FN3O2/c29-24-11-5-4-10-23(24)20-12-14-21(15-13-20)27-25-18-31(16-6-7-17-32(25)26(27)19-33)28(34)30-22-8-2-1-3-9-22/h1-5,8-15,25-27,33H,6-7,16-19H2,(H,30,34)/t25-,26-,27-/m1/s1. The zero-order chi connectivity index (χ0) is 23.5. The maximum absolute atomic E-state index is 14.2. The lowest BCUT2D eigenvalue weighted by molar-refractivity contribution is -0.0585. The highest BCUT2D eigenvalue weighted by molar-refractivity contribution is 5.89. The van der Waals surface area contributed by atoms with Gasteiger partial charge in [0.15, 0.2) is 0 Å². The number of nitrogens with one attached hydrogen (secondary N) is 1. The highest BCUT2D eigenvalue weighted by atomic mass is 19.1. The van der Waals surface area contributed by atoms with Crippen LogP contribution in [-0.4, -0.2) is 59.3 Å². The van der Waals surface area contributed by atoms with E-state index in [2.05, 4.69) is 10.2 Å². The summed E-state index contributed by atoms with van der Waals surface area (Å²) in [5.41, 5.74) is 3.32. The van der Waals surface area contributed by atoms with Crippen LogP contribution in [0.15, 0.2) is 78.9 Å². The maximum atomic E-state index is 14.2. The van der Waals surface area contributed by atoms with Crippen molar-refractivity contribution in [2.45, 2.75) is 30.8 Å². The Balaban J connectivity index is 1.36. The molecule has 3 aromatic rings. The lowest BCUT2D eigenvalue weighted by Crippen LogP contribution is -2.68. The van der Waals surface area contributed by atoms with Crippen LogP contribution in [0, 0.1) is 5.82 Å². The van der Waals surface area contributed by atoms with Gasteiger partial charge in [-0.3, -0.25) is 4.90 Å². The number of urea groups is 1. The number of carbonyl (C=O) groups is 1. The average molecular weight is 460 g/mol. The number of amides is 2. The van der Waals surface area contributed by atoms with Crippen molar-refractivity contribution in [3.63, 3.8) is 0 Å². The fourth-order valence-corrected chi connectivity index (χ4v) is 5.43. The number of hydrogen-bond donors (Lipinski definition) is 2. The Morgan fingerprint density at radius 1 is 0.941 bits per heavy atom. The lowest BCUT2D eigenvalue weighted by atomic mass is 9.74. The Kier molecular flexibility index (Phi) is 6.61. The second-order valence-electron chi connectivity index (χ2n) is 9.13. The van der Waals surface area contributed by atoms with E-state index in [1.165, 1.54) is 6.07 Å². The molecule has 3 aromatic carbocycles. The summed E-state index contributed by atoms with van der Waals surface area (Å²) in [6.07, 6.45) is 1.92. The van der Waals surface area contributed by atoms with Crippen molar-refractivity contribution in [3.8, 4) is 11.1 Å². The summed E-state index contributed by atoms with van der Waals surface area (Å²) in [6.45, 7) is 2.32. The Morgan fingerprint density at radius 3 is 2.38 bits per heavy atom. The molecule has 176 valence electrons. The smallest absolute Gasteiger partial charge is 0.321 e. The number of aliphatic hydroxyl groups excluding tert-OH is 1. The Morgan fingerprint density at radius 2 is 1.65 bits per heavy atom. The van der Waals surface area contributed by atoms with E-state index in [-0.39, 0.29) is 36.5 Å². The largest absolute Gasteiger partial charge is 0.395 e. The summed E-state index contributed by atoms with van der Waals surface area (Å²) in [6, 6.07) is 24.4. The van der Waals surface area contributed by atoms with E-state index in [9.17, 15) is 14.3 Å². The van der Waals surface area contributed by atoms with E-state index < -0.39 is 0 Å². The van der Waals surface area contributed by atoms with E-state index in [1.807, 2.05) is 65.6 Å². The minimum atomic E-state index is -0.238. The molecule has 0 unspecified atom stereocenters. The molecule has 3 atom stereocenters. The van der Waals surface area contributed by atoms with Crippen LogP contribution >= 0.6 is 0 Å². The molecule has 2 N–H and O–H groups in total. The monoisotopic (exact) mass is 459 g/mol. The molecule has 34 heavy (non-hydrogen) atoms. The highest BCUT2D eigenvalue weighted by Gasteiger charge is 2.49. The minimum absolute atomic E-state index is 0.0291. The van der Waals surface area contributed by atoms with Crippen molar-refractivity contribution in [2.75, 3.05) is 31.6 Å². The van der Waals surface area contributed by atoms with Crippen LogP contribution in [0.5, 0.6) is 0 Å². The molecule has 0 radical (unpaired) electrons. The molecule has 2 heterocycles. The molecule has 5 rings (SSSR count). The number of fused-ring (bicyclic) bond motifs is 1. The molecule has 0 saturated carbocycles. The third kappa shape index (κ3) is 4.43.